The summed E-state index contributed by atoms with van der Waals surface area (Å²) in [6.45, 7) is 1.68. The number of halogens is 2. The van der Waals surface area contributed by atoms with E-state index in [0.29, 0.717) is 21.6 Å². The summed E-state index contributed by atoms with van der Waals surface area (Å²) in [5.41, 5.74) is 3.31. The first-order chi connectivity index (χ1) is 12.2. The lowest BCUT2D eigenvalue weighted by molar-refractivity contribution is 0.568. The summed E-state index contributed by atoms with van der Waals surface area (Å²) in [6.07, 6.45) is 0. The van der Waals surface area contributed by atoms with E-state index in [0.717, 1.165) is 23.3 Å². The maximum atomic E-state index is 14.0. The SMILES string of the molecule is Cc1cc(-c2ccc(-c3ccc(S(N)(=O)=O)c(F)c3)cc2S)ccc1F. The molecule has 0 amide bonds. The van der Waals surface area contributed by atoms with Crippen LogP contribution in [0.5, 0.6) is 0 Å². The topological polar surface area (TPSA) is 60.2 Å². The Bertz CT molecular complexity index is 1110. The second-order valence-corrected chi connectivity index (χ2v) is 7.90. The molecular weight excluding hydrogens is 376 g/mol. The van der Waals surface area contributed by atoms with Crippen LogP contribution in [0, 0.1) is 18.6 Å². The Morgan fingerprint density at radius 1 is 0.846 bits per heavy atom. The van der Waals surface area contributed by atoms with E-state index < -0.39 is 20.7 Å². The van der Waals surface area contributed by atoms with Gasteiger partial charge in [-0.25, -0.2) is 22.3 Å². The molecule has 134 valence electrons. The molecule has 0 unspecified atom stereocenters. The van der Waals surface area contributed by atoms with Crippen molar-refractivity contribution in [2.45, 2.75) is 16.7 Å². The number of nitrogens with two attached hydrogens (primary N) is 1. The first-order valence-electron chi connectivity index (χ1n) is 7.59. The van der Waals surface area contributed by atoms with Gasteiger partial charge in [-0.1, -0.05) is 24.3 Å². The van der Waals surface area contributed by atoms with E-state index in [-0.39, 0.29) is 5.82 Å². The van der Waals surface area contributed by atoms with Gasteiger partial charge in [0.25, 0.3) is 0 Å². The summed E-state index contributed by atoms with van der Waals surface area (Å²) < 4.78 is 50.1. The van der Waals surface area contributed by atoms with Gasteiger partial charge in [-0.15, -0.1) is 12.6 Å². The highest BCUT2D eigenvalue weighted by molar-refractivity contribution is 7.89. The third-order valence-electron chi connectivity index (χ3n) is 4.04. The number of rotatable bonds is 3. The van der Waals surface area contributed by atoms with E-state index in [4.69, 9.17) is 5.14 Å². The molecule has 0 saturated carbocycles. The zero-order valence-electron chi connectivity index (χ0n) is 13.7. The number of primary sulfonamides is 1. The average Bonchev–Trinajstić information content (AvgIpc) is 2.56. The summed E-state index contributed by atoms with van der Waals surface area (Å²) in [5, 5.41) is 4.97. The van der Waals surface area contributed by atoms with E-state index >= 15 is 0 Å². The van der Waals surface area contributed by atoms with Gasteiger partial charge in [0.05, 0.1) is 0 Å². The zero-order valence-corrected chi connectivity index (χ0v) is 15.4. The minimum Gasteiger partial charge on any atom is -0.225 e. The maximum absolute atomic E-state index is 14.0. The zero-order chi connectivity index (χ0) is 19.1. The van der Waals surface area contributed by atoms with E-state index in [1.165, 1.54) is 12.1 Å². The van der Waals surface area contributed by atoms with Crippen molar-refractivity contribution in [3.63, 3.8) is 0 Å². The first-order valence-corrected chi connectivity index (χ1v) is 9.58. The molecular formula is C19H15F2NO2S2. The Balaban J connectivity index is 2.02. The third-order valence-corrected chi connectivity index (χ3v) is 5.35. The second-order valence-electron chi connectivity index (χ2n) is 5.89. The van der Waals surface area contributed by atoms with Gasteiger partial charge in [0.2, 0.25) is 10.0 Å². The van der Waals surface area contributed by atoms with E-state index in [9.17, 15) is 17.2 Å². The van der Waals surface area contributed by atoms with Crippen molar-refractivity contribution in [2.75, 3.05) is 0 Å². The molecule has 0 aliphatic carbocycles. The highest BCUT2D eigenvalue weighted by Gasteiger charge is 2.15. The predicted molar refractivity (Wildman–Crippen MR) is 101 cm³/mol. The Labute approximate surface area is 155 Å². The molecule has 0 spiro atoms. The standard InChI is InChI=1S/C19H15F2NO2S2/c1-11-8-14(3-6-16(11)20)15-5-2-13(10-18(15)25)12-4-7-19(17(21)9-12)26(22,23)24/h2-10,25H,1H3,(H2,22,23,24). The summed E-state index contributed by atoms with van der Waals surface area (Å²) in [4.78, 5) is 0.0789. The van der Waals surface area contributed by atoms with Gasteiger partial charge < -0.3 is 0 Å². The molecule has 0 heterocycles. The van der Waals surface area contributed by atoms with E-state index in [1.807, 2.05) is 0 Å². The van der Waals surface area contributed by atoms with Crippen LogP contribution >= 0.6 is 12.6 Å². The van der Waals surface area contributed by atoms with Gasteiger partial charge in [0, 0.05) is 4.90 Å². The van der Waals surface area contributed by atoms with Crippen molar-refractivity contribution in [2.24, 2.45) is 5.14 Å². The minimum atomic E-state index is -4.11. The molecule has 0 aromatic heterocycles. The minimum absolute atomic E-state index is 0.281. The van der Waals surface area contributed by atoms with Gasteiger partial charge in [-0.2, -0.15) is 0 Å². The Hall–Kier alpha value is -2.22. The number of aryl methyl sites for hydroxylation is 1. The molecule has 3 aromatic rings. The highest BCUT2D eigenvalue weighted by Crippen LogP contribution is 2.32. The van der Waals surface area contributed by atoms with Crippen LogP contribution < -0.4 is 5.14 Å². The fourth-order valence-corrected chi connectivity index (χ4v) is 3.61. The Morgan fingerprint density at radius 3 is 2.04 bits per heavy atom. The largest absolute Gasteiger partial charge is 0.240 e. The average molecular weight is 391 g/mol. The summed E-state index contributed by atoms with van der Waals surface area (Å²) in [7, 11) is -4.11. The lowest BCUT2D eigenvalue weighted by Crippen LogP contribution is -2.13. The fraction of sp³-hybridized carbons (Fsp3) is 0.0526. The normalized spacial score (nSPS) is 11.6. The van der Waals surface area contributed by atoms with Crippen LogP contribution in [0.3, 0.4) is 0 Å². The van der Waals surface area contributed by atoms with Crippen molar-refractivity contribution in [1.82, 2.24) is 0 Å². The summed E-state index contributed by atoms with van der Waals surface area (Å²) in [6, 6.07) is 13.8. The number of thiol groups is 1. The van der Waals surface area contributed by atoms with Crippen molar-refractivity contribution in [1.29, 1.82) is 0 Å². The van der Waals surface area contributed by atoms with Crippen molar-refractivity contribution < 1.29 is 17.2 Å². The van der Waals surface area contributed by atoms with Crippen LogP contribution in [-0.4, -0.2) is 8.42 Å². The molecule has 3 aromatic carbocycles. The van der Waals surface area contributed by atoms with Crippen molar-refractivity contribution >= 4 is 22.7 Å². The van der Waals surface area contributed by atoms with Crippen molar-refractivity contribution in [3.05, 3.63) is 71.8 Å². The van der Waals surface area contributed by atoms with Crippen LogP contribution in [-0.2, 0) is 10.0 Å². The first kappa shape index (κ1) is 18.6. The molecule has 0 aliphatic heterocycles. The summed E-state index contributed by atoms with van der Waals surface area (Å²) >= 11 is 4.48. The smallest absolute Gasteiger partial charge is 0.225 e. The Kier molecular flexibility index (Phi) is 4.88. The highest BCUT2D eigenvalue weighted by atomic mass is 32.2. The molecule has 0 radical (unpaired) electrons. The summed E-state index contributed by atoms with van der Waals surface area (Å²) in [5.74, 6) is -1.19. The number of hydrogen-bond donors (Lipinski definition) is 2. The molecule has 0 saturated heterocycles. The van der Waals surface area contributed by atoms with Gasteiger partial charge in [-0.05, 0) is 65.1 Å². The molecule has 7 heteroatoms. The molecule has 0 aliphatic rings. The van der Waals surface area contributed by atoms with Gasteiger partial charge >= 0.3 is 0 Å². The number of sulfonamides is 1. The van der Waals surface area contributed by atoms with E-state index in [2.05, 4.69) is 12.6 Å². The molecule has 2 N–H and O–H groups in total. The molecule has 0 atom stereocenters. The van der Waals surface area contributed by atoms with Crippen LogP contribution in [0.15, 0.2) is 64.4 Å². The quantitative estimate of drug-likeness (QED) is 0.644. The van der Waals surface area contributed by atoms with Gasteiger partial charge in [0.1, 0.15) is 16.5 Å². The predicted octanol–water partition coefficient (Wildman–Crippen LogP) is 4.54. The van der Waals surface area contributed by atoms with Crippen LogP contribution in [0.4, 0.5) is 8.78 Å². The van der Waals surface area contributed by atoms with E-state index in [1.54, 1.807) is 37.3 Å². The van der Waals surface area contributed by atoms with Crippen LogP contribution in [0.2, 0.25) is 0 Å². The maximum Gasteiger partial charge on any atom is 0.240 e. The molecule has 0 bridgehead atoms. The van der Waals surface area contributed by atoms with Gasteiger partial charge in [-0.3, -0.25) is 0 Å². The van der Waals surface area contributed by atoms with Crippen molar-refractivity contribution in [3.8, 4) is 22.3 Å². The molecule has 0 fully saturated rings. The fourth-order valence-electron chi connectivity index (χ4n) is 2.68. The lowest BCUT2D eigenvalue weighted by atomic mass is 9.99. The lowest BCUT2D eigenvalue weighted by Gasteiger charge is -2.10. The Morgan fingerprint density at radius 2 is 1.46 bits per heavy atom. The van der Waals surface area contributed by atoms with Crippen LogP contribution in [0.1, 0.15) is 5.56 Å². The van der Waals surface area contributed by atoms with Gasteiger partial charge in [0.15, 0.2) is 0 Å². The third kappa shape index (κ3) is 3.65. The number of hydrogen-bond acceptors (Lipinski definition) is 3. The second kappa shape index (κ2) is 6.83. The number of benzene rings is 3. The van der Waals surface area contributed by atoms with Crippen LogP contribution in [0.25, 0.3) is 22.3 Å². The molecule has 3 nitrogen and oxygen atoms in total. The molecule has 3 rings (SSSR count). The monoisotopic (exact) mass is 391 g/mol. The molecule has 26 heavy (non-hydrogen) atoms.